The first-order valence-corrected chi connectivity index (χ1v) is 12.0. The molecule has 0 radical (unpaired) electrons. The van der Waals surface area contributed by atoms with Crippen molar-refractivity contribution in [1.82, 2.24) is 13.3 Å². The van der Waals surface area contributed by atoms with Gasteiger partial charge in [0.2, 0.25) is 10.0 Å². The van der Waals surface area contributed by atoms with Crippen molar-refractivity contribution in [2.75, 3.05) is 13.1 Å². The van der Waals surface area contributed by atoms with Gasteiger partial charge in [-0.25, -0.2) is 25.8 Å². The maximum Gasteiger partial charge on any atom is 0.269 e. The highest BCUT2D eigenvalue weighted by atomic mass is 32.2. The van der Waals surface area contributed by atoms with E-state index in [0.29, 0.717) is 30.0 Å². The molecule has 7 nitrogen and oxygen atoms in total. The monoisotopic (exact) mass is 419 g/mol. The number of rotatable bonds is 4. The summed E-state index contributed by atoms with van der Waals surface area (Å²) in [6, 6.07) is 12.3. The van der Waals surface area contributed by atoms with Crippen molar-refractivity contribution in [2.24, 2.45) is 5.92 Å². The van der Waals surface area contributed by atoms with Gasteiger partial charge in [0.1, 0.15) is 6.33 Å². The summed E-state index contributed by atoms with van der Waals surface area (Å²) in [6.45, 7) is 3.02. The molecule has 0 N–H and O–H groups in total. The highest BCUT2D eigenvalue weighted by Gasteiger charge is 2.29. The van der Waals surface area contributed by atoms with E-state index in [-0.39, 0.29) is 9.79 Å². The summed E-state index contributed by atoms with van der Waals surface area (Å²) in [5.74, 6) is 0.317. The Hall–Kier alpha value is -2.23. The van der Waals surface area contributed by atoms with Crippen molar-refractivity contribution in [1.29, 1.82) is 0 Å². The highest BCUT2D eigenvalue weighted by Crippen LogP contribution is 2.25. The van der Waals surface area contributed by atoms with Crippen LogP contribution in [0, 0.1) is 5.92 Å². The number of sulfonamides is 1. The number of fused-ring (bicyclic) bond motifs is 1. The first-order chi connectivity index (χ1) is 13.3. The molecule has 0 unspecified atom stereocenters. The van der Waals surface area contributed by atoms with Gasteiger partial charge in [-0.15, -0.1) is 0 Å². The summed E-state index contributed by atoms with van der Waals surface area (Å²) in [5.41, 5.74) is 1.05. The maximum atomic E-state index is 13.0. The van der Waals surface area contributed by atoms with Gasteiger partial charge >= 0.3 is 0 Å². The normalized spacial score (nSPS) is 19.1. The standard InChI is InChI=1S/C19H21N3O4S2/c1-15-5-4-12-21(13-15)27(23,24)16-8-10-17(11-9-16)28(25,26)22-14-20-18-6-2-3-7-19(18)22/h2-3,6-11,14-15H,4-5,12-13H2,1H3/t15-/m0/s1. The van der Waals surface area contributed by atoms with Crippen LogP contribution in [0.4, 0.5) is 0 Å². The molecule has 9 heteroatoms. The van der Waals surface area contributed by atoms with Gasteiger partial charge in [0, 0.05) is 13.1 Å². The molecule has 2 heterocycles. The SMILES string of the molecule is C[C@H]1CCCN(S(=O)(=O)c2ccc(S(=O)(=O)n3cnc4ccccc43)cc2)C1. The van der Waals surface area contributed by atoms with Gasteiger partial charge in [-0.3, -0.25) is 0 Å². The largest absolute Gasteiger partial charge is 0.269 e. The summed E-state index contributed by atoms with van der Waals surface area (Å²) >= 11 is 0. The number of piperidine rings is 1. The van der Waals surface area contributed by atoms with Gasteiger partial charge in [-0.1, -0.05) is 19.1 Å². The lowest BCUT2D eigenvalue weighted by Gasteiger charge is -2.30. The second kappa shape index (κ2) is 6.98. The minimum Gasteiger partial charge on any atom is -0.236 e. The Morgan fingerprint density at radius 3 is 2.25 bits per heavy atom. The van der Waals surface area contributed by atoms with Crippen molar-refractivity contribution in [3.63, 3.8) is 0 Å². The van der Waals surface area contributed by atoms with E-state index in [1.54, 1.807) is 24.3 Å². The van der Waals surface area contributed by atoms with E-state index in [0.717, 1.165) is 16.8 Å². The number of benzene rings is 2. The summed E-state index contributed by atoms with van der Waals surface area (Å²) < 4.78 is 54.3. The third-order valence-corrected chi connectivity index (χ3v) is 8.62. The van der Waals surface area contributed by atoms with Gasteiger partial charge in [0.05, 0.1) is 20.8 Å². The predicted octanol–water partition coefficient (Wildman–Crippen LogP) is 2.69. The van der Waals surface area contributed by atoms with E-state index in [4.69, 9.17) is 0 Å². The second-order valence-electron chi connectivity index (χ2n) is 7.12. The number of hydrogen-bond donors (Lipinski definition) is 0. The average molecular weight is 420 g/mol. The molecule has 1 fully saturated rings. The van der Waals surface area contributed by atoms with Crippen molar-refractivity contribution in [3.8, 4) is 0 Å². The molecule has 1 atom stereocenters. The first-order valence-electron chi connectivity index (χ1n) is 9.08. The average Bonchev–Trinajstić information content (AvgIpc) is 3.13. The summed E-state index contributed by atoms with van der Waals surface area (Å²) in [6.07, 6.45) is 3.11. The number of para-hydroxylation sites is 2. The molecule has 1 aliphatic heterocycles. The van der Waals surface area contributed by atoms with Gasteiger partial charge < -0.3 is 0 Å². The quantitative estimate of drug-likeness (QED) is 0.649. The Balaban J connectivity index is 1.68. The van der Waals surface area contributed by atoms with Crippen LogP contribution in [0.25, 0.3) is 11.0 Å². The van der Waals surface area contributed by atoms with Crippen LogP contribution in [0.3, 0.4) is 0 Å². The Labute approximate surface area is 164 Å². The molecule has 4 rings (SSSR count). The van der Waals surface area contributed by atoms with Crippen LogP contribution in [0.2, 0.25) is 0 Å². The minimum absolute atomic E-state index is 0.0154. The van der Waals surface area contributed by atoms with Crippen LogP contribution < -0.4 is 0 Å². The van der Waals surface area contributed by atoms with E-state index >= 15 is 0 Å². The Bertz CT molecular complexity index is 1220. The summed E-state index contributed by atoms with van der Waals surface area (Å²) in [4.78, 5) is 4.24. The Morgan fingerprint density at radius 1 is 0.929 bits per heavy atom. The molecule has 1 aromatic heterocycles. The molecule has 148 valence electrons. The fraction of sp³-hybridized carbons (Fsp3) is 0.316. The third-order valence-electron chi connectivity index (χ3n) is 5.06. The van der Waals surface area contributed by atoms with Crippen LogP contribution in [0.15, 0.2) is 64.6 Å². The molecule has 0 aliphatic carbocycles. The van der Waals surface area contributed by atoms with Gasteiger partial charge in [-0.2, -0.15) is 4.31 Å². The number of hydrogen-bond acceptors (Lipinski definition) is 5. The Kier molecular flexibility index (Phi) is 4.76. The minimum atomic E-state index is -3.87. The fourth-order valence-electron chi connectivity index (χ4n) is 3.54. The molecule has 28 heavy (non-hydrogen) atoms. The topological polar surface area (TPSA) is 89.3 Å². The lowest BCUT2D eigenvalue weighted by Crippen LogP contribution is -2.39. The van der Waals surface area contributed by atoms with Crippen molar-refractivity contribution >= 4 is 31.1 Å². The van der Waals surface area contributed by atoms with Crippen molar-refractivity contribution in [2.45, 2.75) is 29.6 Å². The molecular weight excluding hydrogens is 398 g/mol. The van der Waals surface area contributed by atoms with E-state index in [2.05, 4.69) is 4.98 Å². The molecule has 2 aromatic carbocycles. The molecule has 0 amide bonds. The molecule has 3 aromatic rings. The van der Waals surface area contributed by atoms with Gasteiger partial charge in [-0.05, 0) is 55.2 Å². The number of imidazole rings is 1. The summed E-state index contributed by atoms with van der Waals surface area (Å²) in [5, 5.41) is 0. The number of aromatic nitrogens is 2. The molecule has 0 saturated carbocycles. The lowest BCUT2D eigenvalue weighted by atomic mass is 10.0. The van der Waals surface area contributed by atoms with Gasteiger partial charge in [0.15, 0.2) is 0 Å². The van der Waals surface area contributed by atoms with Gasteiger partial charge in [0.25, 0.3) is 10.0 Å². The molecule has 1 saturated heterocycles. The van der Waals surface area contributed by atoms with Crippen LogP contribution in [-0.4, -0.2) is 43.2 Å². The zero-order valence-electron chi connectivity index (χ0n) is 15.4. The highest BCUT2D eigenvalue weighted by molar-refractivity contribution is 7.90. The van der Waals surface area contributed by atoms with E-state index in [9.17, 15) is 16.8 Å². The smallest absolute Gasteiger partial charge is 0.236 e. The van der Waals surface area contributed by atoms with Crippen LogP contribution in [0.5, 0.6) is 0 Å². The maximum absolute atomic E-state index is 13.0. The van der Waals surface area contributed by atoms with Crippen LogP contribution in [-0.2, 0) is 20.0 Å². The van der Waals surface area contributed by atoms with Crippen LogP contribution >= 0.6 is 0 Å². The second-order valence-corrected chi connectivity index (χ2v) is 10.9. The third kappa shape index (κ3) is 3.23. The fourth-order valence-corrected chi connectivity index (χ4v) is 6.43. The molecular formula is C19H21N3O4S2. The zero-order valence-corrected chi connectivity index (χ0v) is 17.0. The first kappa shape index (κ1) is 19.1. The van der Waals surface area contributed by atoms with Crippen molar-refractivity contribution < 1.29 is 16.8 Å². The molecule has 0 spiro atoms. The zero-order chi connectivity index (χ0) is 19.9. The number of nitrogens with zero attached hydrogens (tertiary/aromatic N) is 3. The van der Waals surface area contributed by atoms with Crippen LogP contribution in [0.1, 0.15) is 19.8 Å². The summed E-state index contributed by atoms with van der Waals surface area (Å²) in [7, 11) is -7.50. The van der Waals surface area contributed by atoms with E-state index < -0.39 is 20.0 Å². The molecule has 1 aliphatic rings. The van der Waals surface area contributed by atoms with E-state index in [1.807, 2.05) is 6.92 Å². The predicted molar refractivity (Wildman–Crippen MR) is 106 cm³/mol. The molecule has 0 bridgehead atoms. The van der Waals surface area contributed by atoms with Crippen molar-refractivity contribution in [3.05, 3.63) is 54.9 Å². The Morgan fingerprint density at radius 2 is 1.57 bits per heavy atom. The lowest BCUT2D eigenvalue weighted by molar-refractivity contribution is 0.281. The van der Waals surface area contributed by atoms with E-state index in [1.165, 1.54) is 34.9 Å².